The first kappa shape index (κ1) is 23.8. The maximum absolute atomic E-state index is 10.6. The minimum atomic E-state index is -0.311. The van der Waals surface area contributed by atoms with Crippen molar-refractivity contribution in [2.75, 3.05) is 13.1 Å². The Hall–Kier alpha value is -2.34. The second kappa shape index (κ2) is 11.2. The van der Waals surface area contributed by atoms with Crippen LogP contribution in [0.3, 0.4) is 0 Å². The van der Waals surface area contributed by atoms with Crippen molar-refractivity contribution in [2.24, 2.45) is 5.92 Å². The van der Waals surface area contributed by atoms with Crippen LogP contribution in [0.5, 0.6) is 11.6 Å². The third-order valence-corrected chi connectivity index (χ3v) is 6.37. The zero-order chi connectivity index (χ0) is 23.2. The van der Waals surface area contributed by atoms with E-state index in [1.807, 2.05) is 66.2 Å². The number of aromatic nitrogens is 2. The van der Waals surface area contributed by atoms with Crippen LogP contribution in [0.25, 0.3) is 5.69 Å². The molecular weight excluding hydrogens is 434 g/mol. The topological polar surface area (TPSA) is 50.5 Å². The van der Waals surface area contributed by atoms with Crippen LogP contribution in [-0.2, 0) is 6.54 Å². The first-order valence-electron chi connectivity index (χ1n) is 12.0. The molecule has 0 spiro atoms. The van der Waals surface area contributed by atoms with Gasteiger partial charge in [0, 0.05) is 24.7 Å². The quantitative estimate of drug-likeness (QED) is 0.335. The minimum absolute atomic E-state index is 0.311. The van der Waals surface area contributed by atoms with Gasteiger partial charge < -0.3 is 9.84 Å². The summed E-state index contributed by atoms with van der Waals surface area (Å²) in [4.78, 5) is 2.38. The number of benzene rings is 2. The van der Waals surface area contributed by atoms with Crippen molar-refractivity contribution in [1.29, 1.82) is 0 Å². The molecule has 0 radical (unpaired) electrons. The molecule has 1 aromatic heterocycles. The van der Waals surface area contributed by atoms with Gasteiger partial charge in [-0.25, -0.2) is 4.68 Å². The second-order valence-corrected chi connectivity index (χ2v) is 9.54. The van der Waals surface area contributed by atoms with E-state index in [0.29, 0.717) is 24.0 Å². The molecular formula is C27H34ClN3O2. The fourth-order valence-electron chi connectivity index (χ4n) is 4.10. The predicted molar refractivity (Wildman–Crippen MR) is 133 cm³/mol. The molecule has 1 unspecified atom stereocenters. The number of rotatable bonds is 12. The Morgan fingerprint density at radius 3 is 2.55 bits per heavy atom. The predicted octanol–water partition coefficient (Wildman–Crippen LogP) is 6.39. The van der Waals surface area contributed by atoms with Crippen LogP contribution in [-0.4, -0.2) is 39.0 Å². The van der Waals surface area contributed by atoms with E-state index in [9.17, 15) is 5.11 Å². The lowest BCUT2D eigenvalue weighted by molar-refractivity contribution is 0.0965. The lowest BCUT2D eigenvalue weighted by atomic mass is 10.1. The summed E-state index contributed by atoms with van der Waals surface area (Å²) in [6.45, 7) is 6.56. The van der Waals surface area contributed by atoms with Gasteiger partial charge in [0.1, 0.15) is 5.75 Å². The highest BCUT2D eigenvalue weighted by molar-refractivity contribution is 6.30. The molecule has 33 heavy (non-hydrogen) atoms. The first-order chi connectivity index (χ1) is 16.0. The van der Waals surface area contributed by atoms with Crippen molar-refractivity contribution in [3.05, 3.63) is 70.9 Å². The summed E-state index contributed by atoms with van der Waals surface area (Å²) in [6, 6.07) is 17.4. The summed E-state index contributed by atoms with van der Waals surface area (Å²) in [7, 11) is 0. The van der Waals surface area contributed by atoms with Crippen molar-refractivity contribution >= 4 is 11.6 Å². The summed E-state index contributed by atoms with van der Waals surface area (Å²) in [6.07, 6.45) is 5.23. The lowest BCUT2D eigenvalue weighted by Crippen LogP contribution is -2.34. The standard InChI is InChI=1S/C27H34ClN3O2/c1-3-4-8-24(32)18-30(17-21-11-12-21)19-26-20(2)29-31(23-15-13-22(28)14-16-23)27(26)33-25-9-6-5-7-10-25/h5-7,9-10,13-16,21,24,32H,3-4,8,11-12,17-19H2,1-2H3. The van der Waals surface area contributed by atoms with Gasteiger partial charge in [0.2, 0.25) is 5.88 Å². The van der Waals surface area contributed by atoms with E-state index >= 15 is 0 Å². The molecule has 4 rings (SSSR count). The van der Waals surface area contributed by atoms with E-state index in [-0.39, 0.29) is 6.10 Å². The maximum Gasteiger partial charge on any atom is 0.227 e. The second-order valence-electron chi connectivity index (χ2n) is 9.11. The van der Waals surface area contributed by atoms with Crippen LogP contribution in [0.1, 0.15) is 50.3 Å². The third kappa shape index (κ3) is 6.59. The molecule has 0 bridgehead atoms. The van der Waals surface area contributed by atoms with Crippen LogP contribution in [0, 0.1) is 12.8 Å². The number of halogens is 1. The molecule has 0 amide bonds. The highest BCUT2D eigenvalue weighted by Crippen LogP contribution is 2.34. The largest absolute Gasteiger partial charge is 0.439 e. The van der Waals surface area contributed by atoms with Gasteiger partial charge >= 0.3 is 0 Å². The fraction of sp³-hybridized carbons (Fsp3) is 0.444. The van der Waals surface area contributed by atoms with Gasteiger partial charge in [0.25, 0.3) is 0 Å². The normalized spacial score (nSPS) is 14.6. The molecule has 1 saturated carbocycles. The Bertz CT molecular complexity index is 1020. The van der Waals surface area contributed by atoms with Crippen molar-refractivity contribution in [1.82, 2.24) is 14.7 Å². The number of aryl methyl sites for hydroxylation is 1. The van der Waals surface area contributed by atoms with Crippen LogP contribution in [0.15, 0.2) is 54.6 Å². The Kier molecular flexibility index (Phi) is 8.07. The number of hydrogen-bond acceptors (Lipinski definition) is 4. The van der Waals surface area contributed by atoms with Gasteiger partial charge in [0.05, 0.1) is 23.0 Å². The van der Waals surface area contributed by atoms with Crippen LogP contribution < -0.4 is 4.74 Å². The van der Waals surface area contributed by atoms with Crippen LogP contribution >= 0.6 is 11.6 Å². The monoisotopic (exact) mass is 467 g/mol. The smallest absolute Gasteiger partial charge is 0.227 e. The van der Waals surface area contributed by atoms with Crippen LogP contribution in [0.2, 0.25) is 5.02 Å². The molecule has 1 aliphatic carbocycles. The fourth-order valence-corrected chi connectivity index (χ4v) is 4.23. The van der Waals surface area contributed by atoms with E-state index in [2.05, 4.69) is 11.8 Å². The molecule has 5 nitrogen and oxygen atoms in total. The molecule has 3 aromatic rings. The summed E-state index contributed by atoms with van der Waals surface area (Å²) in [5.74, 6) is 2.21. The molecule has 6 heteroatoms. The van der Waals surface area contributed by atoms with Gasteiger partial charge in [-0.3, -0.25) is 4.90 Å². The molecule has 1 aliphatic rings. The highest BCUT2D eigenvalue weighted by atomic mass is 35.5. The number of aliphatic hydroxyl groups is 1. The Morgan fingerprint density at radius 2 is 1.88 bits per heavy atom. The summed E-state index contributed by atoms with van der Waals surface area (Å²) < 4.78 is 8.27. The van der Waals surface area contributed by atoms with Gasteiger partial charge in [-0.2, -0.15) is 5.10 Å². The van der Waals surface area contributed by atoms with Crippen molar-refractivity contribution in [2.45, 2.75) is 58.6 Å². The Labute approximate surface area is 201 Å². The van der Waals surface area contributed by atoms with Gasteiger partial charge in [-0.1, -0.05) is 49.6 Å². The molecule has 176 valence electrons. The molecule has 2 aromatic carbocycles. The first-order valence-corrected chi connectivity index (χ1v) is 12.4. The van der Waals surface area contributed by atoms with Gasteiger partial charge in [0.15, 0.2) is 0 Å². The van der Waals surface area contributed by atoms with E-state index in [1.165, 1.54) is 12.8 Å². The van der Waals surface area contributed by atoms with Crippen LogP contribution in [0.4, 0.5) is 0 Å². The molecule has 1 N–H and O–H groups in total. The number of hydrogen-bond donors (Lipinski definition) is 1. The summed E-state index contributed by atoms with van der Waals surface area (Å²) in [5, 5.41) is 16.2. The Balaban J connectivity index is 1.65. The number of aliphatic hydroxyl groups excluding tert-OH is 1. The maximum atomic E-state index is 10.6. The van der Waals surface area contributed by atoms with E-state index in [1.54, 1.807) is 0 Å². The third-order valence-electron chi connectivity index (χ3n) is 6.12. The minimum Gasteiger partial charge on any atom is -0.439 e. The van der Waals surface area contributed by atoms with Crippen molar-refractivity contribution in [3.8, 4) is 17.3 Å². The zero-order valence-electron chi connectivity index (χ0n) is 19.6. The SMILES string of the molecule is CCCCC(O)CN(Cc1c(C)nn(-c2ccc(Cl)cc2)c1Oc1ccccc1)CC1CC1. The average Bonchev–Trinajstić information content (AvgIpc) is 3.58. The molecule has 1 heterocycles. The van der Waals surface area contributed by atoms with Crippen molar-refractivity contribution < 1.29 is 9.84 Å². The number of nitrogens with zero attached hydrogens (tertiary/aromatic N) is 3. The van der Waals surface area contributed by atoms with E-state index in [4.69, 9.17) is 21.4 Å². The Morgan fingerprint density at radius 1 is 1.15 bits per heavy atom. The zero-order valence-corrected chi connectivity index (χ0v) is 20.3. The summed E-state index contributed by atoms with van der Waals surface area (Å²) >= 11 is 6.12. The molecule has 0 aliphatic heterocycles. The average molecular weight is 468 g/mol. The molecule has 1 atom stereocenters. The van der Waals surface area contributed by atoms with E-state index in [0.717, 1.165) is 54.4 Å². The molecule has 0 saturated heterocycles. The number of ether oxygens (including phenoxy) is 1. The van der Waals surface area contributed by atoms with E-state index < -0.39 is 0 Å². The highest BCUT2D eigenvalue weighted by Gasteiger charge is 2.28. The number of unbranched alkanes of at least 4 members (excludes halogenated alkanes) is 1. The molecule has 1 fully saturated rings. The van der Waals surface area contributed by atoms with Gasteiger partial charge in [-0.05, 0) is 68.5 Å². The van der Waals surface area contributed by atoms with Crippen molar-refractivity contribution in [3.63, 3.8) is 0 Å². The number of para-hydroxylation sites is 1. The lowest BCUT2D eigenvalue weighted by Gasteiger charge is -2.25. The van der Waals surface area contributed by atoms with Gasteiger partial charge in [-0.15, -0.1) is 0 Å². The summed E-state index contributed by atoms with van der Waals surface area (Å²) in [5.41, 5.74) is 2.88.